The average molecular weight is 182 g/mol. The third-order valence-electron chi connectivity index (χ3n) is 2.27. The first-order valence-electron chi connectivity index (χ1n) is 4.91. The smallest absolute Gasteiger partial charge is 0.233 e. The Labute approximate surface area is 79.4 Å². The molecular weight excluding hydrogens is 164 g/mol. The van der Waals surface area contributed by atoms with Crippen molar-refractivity contribution < 1.29 is 5.11 Å². The van der Waals surface area contributed by atoms with Gasteiger partial charge in [0.2, 0.25) is 5.88 Å². The molecule has 0 radical (unpaired) electrons. The summed E-state index contributed by atoms with van der Waals surface area (Å²) in [5.74, 6) is 0.202. The molecule has 0 unspecified atom stereocenters. The molecule has 1 rings (SSSR count). The molecule has 0 spiro atoms. The van der Waals surface area contributed by atoms with Crippen LogP contribution >= 0.6 is 0 Å². The summed E-state index contributed by atoms with van der Waals surface area (Å²) >= 11 is 0. The SMILES string of the molecule is CCc1c(O)nn(C(C)C)c1CC. The minimum atomic E-state index is 0.202. The zero-order valence-electron chi connectivity index (χ0n) is 8.83. The summed E-state index contributed by atoms with van der Waals surface area (Å²) < 4.78 is 1.91. The van der Waals surface area contributed by atoms with E-state index in [0.717, 1.165) is 24.1 Å². The third-order valence-corrected chi connectivity index (χ3v) is 2.27. The predicted molar refractivity (Wildman–Crippen MR) is 53.0 cm³/mol. The van der Waals surface area contributed by atoms with Crippen LogP contribution in [0.1, 0.15) is 45.0 Å². The fourth-order valence-electron chi connectivity index (χ4n) is 1.65. The van der Waals surface area contributed by atoms with E-state index in [0.29, 0.717) is 6.04 Å². The molecule has 0 atom stereocenters. The van der Waals surface area contributed by atoms with Gasteiger partial charge in [-0.1, -0.05) is 13.8 Å². The lowest BCUT2D eigenvalue weighted by Gasteiger charge is -2.09. The van der Waals surface area contributed by atoms with E-state index in [4.69, 9.17) is 0 Å². The van der Waals surface area contributed by atoms with Crippen LogP contribution in [0.4, 0.5) is 0 Å². The minimum Gasteiger partial charge on any atom is -0.492 e. The summed E-state index contributed by atoms with van der Waals surface area (Å²) in [5.41, 5.74) is 2.16. The van der Waals surface area contributed by atoms with Gasteiger partial charge >= 0.3 is 0 Å². The maximum Gasteiger partial charge on any atom is 0.233 e. The highest BCUT2D eigenvalue weighted by atomic mass is 16.3. The fraction of sp³-hybridized carbons (Fsp3) is 0.700. The quantitative estimate of drug-likeness (QED) is 0.778. The average Bonchev–Trinajstić information content (AvgIpc) is 2.41. The topological polar surface area (TPSA) is 38.1 Å². The molecule has 0 amide bonds. The van der Waals surface area contributed by atoms with Gasteiger partial charge in [-0.3, -0.25) is 4.68 Å². The molecule has 1 aromatic rings. The highest BCUT2D eigenvalue weighted by Gasteiger charge is 2.15. The van der Waals surface area contributed by atoms with E-state index in [1.807, 2.05) is 11.6 Å². The second-order valence-electron chi connectivity index (χ2n) is 3.49. The Bertz CT molecular complexity index is 289. The number of hydrogen-bond donors (Lipinski definition) is 1. The van der Waals surface area contributed by atoms with Crippen LogP contribution in [0.5, 0.6) is 5.88 Å². The summed E-state index contributed by atoms with van der Waals surface area (Å²) in [6.07, 6.45) is 1.77. The van der Waals surface area contributed by atoms with Crippen LogP contribution < -0.4 is 0 Å². The van der Waals surface area contributed by atoms with E-state index in [2.05, 4.69) is 25.9 Å². The Morgan fingerprint density at radius 1 is 1.31 bits per heavy atom. The van der Waals surface area contributed by atoms with Crippen molar-refractivity contribution in [3.63, 3.8) is 0 Å². The molecule has 0 aliphatic rings. The minimum absolute atomic E-state index is 0.202. The molecular formula is C10H18N2O. The Hall–Kier alpha value is -0.990. The van der Waals surface area contributed by atoms with Crippen LogP contribution in [-0.2, 0) is 12.8 Å². The van der Waals surface area contributed by atoms with E-state index in [1.165, 1.54) is 0 Å². The lowest BCUT2D eigenvalue weighted by molar-refractivity contribution is 0.421. The molecule has 0 saturated heterocycles. The highest BCUT2D eigenvalue weighted by Crippen LogP contribution is 2.23. The van der Waals surface area contributed by atoms with E-state index in [1.54, 1.807) is 0 Å². The molecule has 0 aliphatic carbocycles. The molecule has 0 bridgehead atoms. The monoisotopic (exact) mass is 182 g/mol. The number of aromatic nitrogens is 2. The van der Waals surface area contributed by atoms with E-state index < -0.39 is 0 Å². The van der Waals surface area contributed by atoms with Gasteiger partial charge in [0.1, 0.15) is 0 Å². The molecule has 13 heavy (non-hydrogen) atoms. The van der Waals surface area contributed by atoms with Crippen molar-refractivity contribution in [3.8, 4) is 5.88 Å². The normalized spacial score (nSPS) is 11.2. The van der Waals surface area contributed by atoms with E-state index in [-0.39, 0.29) is 5.88 Å². The molecule has 0 aromatic carbocycles. The van der Waals surface area contributed by atoms with Gasteiger partial charge in [-0.25, -0.2) is 0 Å². The lowest BCUT2D eigenvalue weighted by atomic mass is 10.1. The Balaban J connectivity index is 3.21. The van der Waals surface area contributed by atoms with Crippen molar-refractivity contribution in [2.75, 3.05) is 0 Å². The second-order valence-corrected chi connectivity index (χ2v) is 3.49. The van der Waals surface area contributed by atoms with E-state index in [9.17, 15) is 5.11 Å². The molecule has 1 heterocycles. The first-order valence-corrected chi connectivity index (χ1v) is 4.91. The number of nitrogens with zero attached hydrogens (tertiary/aromatic N) is 2. The van der Waals surface area contributed by atoms with Gasteiger partial charge in [0.15, 0.2) is 0 Å². The first-order chi connectivity index (χ1) is 6.11. The summed E-state index contributed by atoms with van der Waals surface area (Å²) in [7, 11) is 0. The maximum atomic E-state index is 9.56. The number of aromatic hydroxyl groups is 1. The van der Waals surface area contributed by atoms with Crippen molar-refractivity contribution in [2.24, 2.45) is 0 Å². The Morgan fingerprint density at radius 3 is 2.31 bits per heavy atom. The van der Waals surface area contributed by atoms with Crippen molar-refractivity contribution in [1.82, 2.24) is 9.78 Å². The molecule has 74 valence electrons. The van der Waals surface area contributed by atoms with Gasteiger partial charge in [0, 0.05) is 17.3 Å². The van der Waals surface area contributed by atoms with Gasteiger partial charge in [-0.15, -0.1) is 5.10 Å². The molecule has 0 fully saturated rings. The second kappa shape index (κ2) is 3.81. The zero-order chi connectivity index (χ0) is 10.0. The standard InChI is InChI=1S/C10H18N2O/c1-5-8-9(6-2)12(7(3)4)11-10(8)13/h7H,5-6H2,1-4H3,(H,11,13). The molecule has 1 N–H and O–H groups in total. The molecule has 3 nitrogen and oxygen atoms in total. The van der Waals surface area contributed by atoms with Crippen LogP contribution in [0, 0.1) is 0 Å². The van der Waals surface area contributed by atoms with Crippen LogP contribution in [0.25, 0.3) is 0 Å². The Kier molecular flexibility index (Phi) is 2.96. The largest absolute Gasteiger partial charge is 0.492 e. The van der Waals surface area contributed by atoms with Crippen LogP contribution in [-0.4, -0.2) is 14.9 Å². The van der Waals surface area contributed by atoms with Crippen molar-refractivity contribution in [3.05, 3.63) is 11.3 Å². The molecule has 3 heteroatoms. The first kappa shape index (κ1) is 10.1. The van der Waals surface area contributed by atoms with Gasteiger partial charge in [0.05, 0.1) is 0 Å². The van der Waals surface area contributed by atoms with Crippen molar-refractivity contribution in [1.29, 1.82) is 0 Å². The summed E-state index contributed by atoms with van der Waals surface area (Å²) in [6, 6.07) is 0.321. The molecule has 0 saturated carbocycles. The fourth-order valence-corrected chi connectivity index (χ4v) is 1.65. The molecule has 0 aliphatic heterocycles. The maximum absolute atomic E-state index is 9.56. The van der Waals surface area contributed by atoms with Gasteiger partial charge < -0.3 is 5.11 Å². The number of rotatable bonds is 3. The summed E-state index contributed by atoms with van der Waals surface area (Å²) in [5, 5.41) is 13.7. The van der Waals surface area contributed by atoms with Gasteiger partial charge in [0.25, 0.3) is 0 Å². The third kappa shape index (κ3) is 1.69. The van der Waals surface area contributed by atoms with Gasteiger partial charge in [-0.05, 0) is 26.7 Å². The van der Waals surface area contributed by atoms with E-state index >= 15 is 0 Å². The lowest BCUT2D eigenvalue weighted by Crippen LogP contribution is -2.07. The van der Waals surface area contributed by atoms with Gasteiger partial charge in [-0.2, -0.15) is 0 Å². The zero-order valence-corrected chi connectivity index (χ0v) is 8.83. The predicted octanol–water partition coefficient (Wildman–Crippen LogP) is 2.29. The van der Waals surface area contributed by atoms with Crippen LogP contribution in [0.3, 0.4) is 0 Å². The van der Waals surface area contributed by atoms with Crippen molar-refractivity contribution >= 4 is 0 Å². The summed E-state index contributed by atoms with van der Waals surface area (Å²) in [6.45, 7) is 8.28. The van der Waals surface area contributed by atoms with Crippen LogP contribution in [0.2, 0.25) is 0 Å². The highest BCUT2D eigenvalue weighted by molar-refractivity contribution is 5.30. The summed E-state index contributed by atoms with van der Waals surface area (Å²) in [4.78, 5) is 0. The Morgan fingerprint density at radius 2 is 1.92 bits per heavy atom. The number of hydrogen-bond acceptors (Lipinski definition) is 2. The van der Waals surface area contributed by atoms with Crippen LogP contribution in [0.15, 0.2) is 0 Å². The molecule has 1 aromatic heterocycles. The van der Waals surface area contributed by atoms with Crippen molar-refractivity contribution in [2.45, 2.75) is 46.6 Å².